The average molecular weight is 296 g/mol. The normalized spacial score (nSPS) is 19.0. The van der Waals surface area contributed by atoms with Crippen LogP contribution in [0.25, 0.3) is 0 Å². The highest BCUT2D eigenvalue weighted by Gasteiger charge is 2.28. The van der Waals surface area contributed by atoms with Gasteiger partial charge in [-0.15, -0.1) is 0 Å². The number of hydrogen-bond acceptors (Lipinski definition) is 5. The third-order valence-corrected chi connectivity index (χ3v) is 3.40. The van der Waals surface area contributed by atoms with Crippen LogP contribution in [0.15, 0.2) is 4.52 Å². The van der Waals surface area contributed by atoms with E-state index in [-0.39, 0.29) is 18.0 Å². The highest BCUT2D eigenvalue weighted by atomic mass is 16.5. The number of carbonyl (C=O) groups is 1. The number of urea groups is 1. The fraction of sp³-hybridized carbons (Fsp3) is 0.786. The third kappa shape index (κ3) is 4.42. The number of piperidine rings is 1. The third-order valence-electron chi connectivity index (χ3n) is 3.40. The SMILES string of the molecule is CCOCc1nc(C2CCCN(C(=O)NC(C)C)C2)no1. The summed E-state index contributed by atoms with van der Waals surface area (Å²) in [5.74, 6) is 1.30. The molecule has 0 bridgehead atoms. The fourth-order valence-electron chi connectivity index (χ4n) is 2.39. The zero-order valence-electron chi connectivity index (χ0n) is 13.0. The molecule has 1 aliphatic heterocycles. The van der Waals surface area contributed by atoms with Gasteiger partial charge in [0.05, 0.1) is 0 Å². The van der Waals surface area contributed by atoms with Gasteiger partial charge >= 0.3 is 6.03 Å². The Morgan fingerprint density at radius 2 is 2.38 bits per heavy atom. The number of aromatic nitrogens is 2. The van der Waals surface area contributed by atoms with Crippen LogP contribution in [0, 0.1) is 0 Å². The number of nitrogens with one attached hydrogen (secondary N) is 1. The highest BCUT2D eigenvalue weighted by molar-refractivity contribution is 5.74. The smallest absolute Gasteiger partial charge is 0.317 e. The lowest BCUT2D eigenvalue weighted by Crippen LogP contribution is -2.47. The molecular formula is C14H24N4O3. The Bertz CT molecular complexity index is 461. The molecule has 1 unspecified atom stereocenters. The average Bonchev–Trinajstić information content (AvgIpc) is 2.93. The molecule has 7 heteroatoms. The Morgan fingerprint density at radius 3 is 3.10 bits per heavy atom. The molecule has 2 rings (SSSR count). The first-order valence-electron chi connectivity index (χ1n) is 7.55. The lowest BCUT2D eigenvalue weighted by Gasteiger charge is -2.31. The number of amides is 2. The van der Waals surface area contributed by atoms with Gasteiger partial charge < -0.3 is 19.5 Å². The number of carbonyl (C=O) groups excluding carboxylic acids is 1. The minimum absolute atomic E-state index is 0.0206. The zero-order chi connectivity index (χ0) is 15.2. The molecule has 0 aromatic carbocycles. The highest BCUT2D eigenvalue weighted by Crippen LogP contribution is 2.25. The van der Waals surface area contributed by atoms with Crippen LogP contribution >= 0.6 is 0 Å². The summed E-state index contributed by atoms with van der Waals surface area (Å²) in [4.78, 5) is 18.3. The predicted molar refractivity (Wildman–Crippen MR) is 76.8 cm³/mol. The summed E-state index contributed by atoms with van der Waals surface area (Å²) in [7, 11) is 0. The van der Waals surface area contributed by atoms with Crippen LogP contribution < -0.4 is 5.32 Å². The van der Waals surface area contributed by atoms with Crippen molar-refractivity contribution in [2.24, 2.45) is 0 Å². The first-order valence-corrected chi connectivity index (χ1v) is 7.55. The van der Waals surface area contributed by atoms with Crippen LogP contribution in [-0.4, -0.2) is 46.8 Å². The van der Waals surface area contributed by atoms with Gasteiger partial charge in [-0.2, -0.15) is 4.98 Å². The molecule has 0 saturated carbocycles. The summed E-state index contributed by atoms with van der Waals surface area (Å²) in [5, 5.41) is 6.94. The number of nitrogens with zero attached hydrogens (tertiary/aromatic N) is 3. The van der Waals surface area contributed by atoms with Crippen LogP contribution in [-0.2, 0) is 11.3 Å². The van der Waals surface area contributed by atoms with E-state index in [1.807, 2.05) is 25.7 Å². The molecule has 0 radical (unpaired) electrons. The maximum atomic E-state index is 12.1. The van der Waals surface area contributed by atoms with E-state index in [2.05, 4.69) is 15.5 Å². The minimum atomic E-state index is -0.0206. The van der Waals surface area contributed by atoms with Crippen LogP contribution in [0.2, 0.25) is 0 Å². The minimum Gasteiger partial charge on any atom is -0.372 e. The molecule has 1 N–H and O–H groups in total. The van der Waals surface area contributed by atoms with Gasteiger partial charge in [0.1, 0.15) is 6.61 Å². The van der Waals surface area contributed by atoms with Crippen molar-refractivity contribution in [1.29, 1.82) is 0 Å². The summed E-state index contributed by atoms with van der Waals surface area (Å²) in [6.45, 7) is 8.20. The molecular weight excluding hydrogens is 272 g/mol. The van der Waals surface area contributed by atoms with E-state index in [0.717, 1.165) is 19.4 Å². The van der Waals surface area contributed by atoms with E-state index in [1.54, 1.807) is 0 Å². The Morgan fingerprint density at radius 1 is 1.57 bits per heavy atom. The molecule has 2 amide bonds. The molecule has 1 atom stereocenters. The number of likely N-dealkylation sites (tertiary alicyclic amines) is 1. The molecule has 1 aromatic heterocycles. The molecule has 2 heterocycles. The standard InChI is InChI=1S/C14H24N4O3/c1-4-20-9-12-16-13(17-21-12)11-6-5-7-18(8-11)14(19)15-10(2)3/h10-11H,4-9H2,1-3H3,(H,15,19). The van der Waals surface area contributed by atoms with Crippen molar-refractivity contribution in [2.45, 2.75) is 52.2 Å². The van der Waals surface area contributed by atoms with Crippen LogP contribution in [0.4, 0.5) is 4.79 Å². The molecule has 118 valence electrons. The first kappa shape index (κ1) is 15.8. The van der Waals surface area contributed by atoms with Gasteiger partial charge in [0.15, 0.2) is 5.82 Å². The van der Waals surface area contributed by atoms with Gasteiger partial charge in [0, 0.05) is 31.7 Å². The van der Waals surface area contributed by atoms with Crippen molar-refractivity contribution in [3.8, 4) is 0 Å². The summed E-state index contributed by atoms with van der Waals surface area (Å²) >= 11 is 0. The van der Waals surface area contributed by atoms with Crippen molar-refractivity contribution < 1.29 is 14.1 Å². The summed E-state index contributed by atoms with van der Waals surface area (Å²) in [6, 6.07) is 0.119. The van der Waals surface area contributed by atoms with Crippen LogP contribution in [0.5, 0.6) is 0 Å². The van der Waals surface area contributed by atoms with Gasteiger partial charge in [-0.1, -0.05) is 5.16 Å². The number of ether oxygens (including phenoxy) is 1. The van der Waals surface area contributed by atoms with E-state index in [9.17, 15) is 4.79 Å². The summed E-state index contributed by atoms with van der Waals surface area (Å²) in [5.41, 5.74) is 0. The molecule has 0 aliphatic carbocycles. The summed E-state index contributed by atoms with van der Waals surface area (Å²) < 4.78 is 10.4. The van der Waals surface area contributed by atoms with Gasteiger partial charge in [0.25, 0.3) is 5.89 Å². The second-order valence-electron chi connectivity index (χ2n) is 5.57. The molecule has 1 aromatic rings. The Balaban J connectivity index is 1.94. The van der Waals surface area contributed by atoms with Gasteiger partial charge in [-0.25, -0.2) is 4.79 Å². The van der Waals surface area contributed by atoms with Gasteiger partial charge in [-0.3, -0.25) is 0 Å². The van der Waals surface area contributed by atoms with Crippen molar-refractivity contribution >= 4 is 6.03 Å². The monoisotopic (exact) mass is 296 g/mol. The summed E-state index contributed by atoms with van der Waals surface area (Å²) in [6.07, 6.45) is 1.92. The fourth-order valence-corrected chi connectivity index (χ4v) is 2.39. The molecule has 1 saturated heterocycles. The largest absolute Gasteiger partial charge is 0.372 e. The quantitative estimate of drug-likeness (QED) is 0.897. The molecule has 21 heavy (non-hydrogen) atoms. The molecule has 0 spiro atoms. The van der Waals surface area contributed by atoms with E-state index >= 15 is 0 Å². The molecule has 7 nitrogen and oxygen atoms in total. The van der Waals surface area contributed by atoms with Crippen molar-refractivity contribution in [1.82, 2.24) is 20.4 Å². The van der Waals surface area contributed by atoms with Crippen molar-refractivity contribution in [3.05, 3.63) is 11.7 Å². The maximum Gasteiger partial charge on any atom is 0.317 e. The van der Waals surface area contributed by atoms with E-state index in [0.29, 0.717) is 31.5 Å². The first-order chi connectivity index (χ1) is 10.1. The van der Waals surface area contributed by atoms with Gasteiger partial charge in [0.2, 0.25) is 0 Å². The van der Waals surface area contributed by atoms with E-state index < -0.39 is 0 Å². The van der Waals surface area contributed by atoms with Crippen LogP contribution in [0.3, 0.4) is 0 Å². The lowest BCUT2D eigenvalue weighted by atomic mass is 9.97. The second-order valence-corrected chi connectivity index (χ2v) is 5.57. The Labute approximate surface area is 125 Å². The second kappa shape index (κ2) is 7.40. The van der Waals surface area contributed by atoms with Crippen molar-refractivity contribution in [3.63, 3.8) is 0 Å². The van der Waals surface area contributed by atoms with E-state index in [4.69, 9.17) is 9.26 Å². The Kier molecular flexibility index (Phi) is 5.55. The zero-order valence-corrected chi connectivity index (χ0v) is 13.0. The molecule has 1 fully saturated rings. The van der Waals surface area contributed by atoms with Crippen molar-refractivity contribution in [2.75, 3.05) is 19.7 Å². The predicted octanol–water partition coefficient (Wildman–Crippen LogP) is 1.90. The number of hydrogen-bond donors (Lipinski definition) is 1. The lowest BCUT2D eigenvalue weighted by molar-refractivity contribution is 0.109. The van der Waals surface area contributed by atoms with Crippen LogP contribution in [0.1, 0.15) is 51.2 Å². The topological polar surface area (TPSA) is 80.5 Å². The maximum absolute atomic E-state index is 12.1. The Hall–Kier alpha value is -1.63. The molecule has 1 aliphatic rings. The van der Waals surface area contributed by atoms with E-state index in [1.165, 1.54) is 0 Å². The van der Waals surface area contributed by atoms with Gasteiger partial charge in [-0.05, 0) is 33.6 Å². The number of rotatable bonds is 5.